The molecule has 2 rings (SSSR count). The fourth-order valence-corrected chi connectivity index (χ4v) is 3.31. The predicted molar refractivity (Wildman–Crippen MR) is 88.9 cm³/mol. The molecule has 0 aliphatic rings. The average molecular weight is 387 g/mol. The zero-order valence-corrected chi connectivity index (χ0v) is 14.1. The highest BCUT2D eigenvalue weighted by Gasteiger charge is 2.18. The molecule has 1 N–H and O–H groups in total. The molecule has 3 heteroatoms. The van der Waals surface area contributed by atoms with Crippen molar-refractivity contribution in [1.29, 1.82) is 0 Å². The zero-order chi connectivity index (χ0) is 14.2. The molecule has 0 spiro atoms. The van der Waals surface area contributed by atoms with Crippen molar-refractivity contribution in [2.45, 2.75) is 26.9 Å². The van der Waals surface area contributed by atoms with Crippen LogP contribution >= 0.6 is 34.2 Å². The van der Waals surface area contributed by atoms with Crippen LogP contribution < -0.4 is 0 Å². The second kappa shape index (κ2) is 5.81. The molecule has 0 radical (unpaired) electrons. The Morgan fingerprint density at radius 1 is 1.05 bits per heavy atom. The summed E-state index contributed by atoms with van der Waals surface area (Å²) in [7, 11) is 0. The second-order valence-electron chi connectivity index (χ2n) is 4.88. The summed E-state index contributed by atoms with van der Waals surface area (Å²) < 4.78 is 1.02. The number of hydrogen-bond donors (Lipinski definition) is 1. The Balaban J connectivity index is 2.56. The fraction of sp³-hybridized carbons (Fsp3) is 0.250. The minimum atomic E-state index is -0.633. The third kappa shape index (κ3) is 3.12. The van der Waals surface area contributed by atoms with Gasteiger partial charge in [-0.3, -0.25) is 0 Å². The van der Waals surface area contributed by atoms with Crippen LogP contribution in [0, 0.1) is 24.3 Å². The highest BCUT2D eigenvalue weighted by atomic mass is 127. The highest BCUT2D eigenvalue weighted by Crippen LogP contribution is 2.32. The topological polar surface area (TPSA) is 20.2 Å². The molecule has 0 aliphatic heterocycles. The molecule has 2 aromatic carbocycles. The van der Waals surface area contributed by atoms with Crippen molar-refractivity contribution in [1.82, 2.24) is 0 Å². The Morgan fingerprint density at radius 3 is 2.21 bits per heavy atom. The van der Waals surface area contributed by atoms with Crippen LogP contribution in [0.25, 0.3) is 0 Å². The molecule has 1 atom stereocenters. The van der Waals surface area contributed by atoms with Crippen molar-refractivity contribution in [3.8, 4) is 0 Å². The zero-order valence-electron chi connectivity index (χ0n) is 11.2. The van der Waals surface area contributed by atoms with Gasteiger partial charge in [0.15, 0.2) is 0 Å². The monoisotopic (exact) mass is 386 g/mol. The van der Waals surface area contributed by atoms with E-state index in [9.17, 15) is 5.11 Å². The van der Waals surface area contributed by atoms with Gasteiger partial charge in [0.05, 0.1) is 0 Å². The number of halogens is 2. The number of aryl methyl sites for hydroxylation is 3. The maximum Gasteiger partial charge on any atom is 0.106 e. The maximum absolute atomic E-state index is 10.7. The molecule has 0 aromatic heterocycles. The Morgan fingerprint density at radius 2 is 1.63 bits per heavy atom. The first-order chi connectivity index (χ1) is 8.90. The van der Waals surface area contributed by atoms with Crippen LogP contribution in [0.5, 0.6) is 0 Å². The van der Waals surface area contributed by atoms with E-state index in [4.69, 9.17) is 11.6 Å². The molecule has 1 unspecified atom stereocenters. The van der Waals surface area contributed by atoms with Crippen LogP contribution in [0.2, 0.25) is 5.02 Å². The number of benzene rings is 2. The van der Waals surface area contributed by atoms with Crippen molar-refractivity contribution in [2.75, 3.05) is 0 Å². The molecule has 0 saturated carbocycles. The third-order valence-electron chi connectivity index (χ3n) is 3.26. The first kappa shape index (κ1) is 14.8. The van der Waals surface area contributed by atoms with Gasteiger partial charge in [-0.2, -0.15) is 0 Å². The summed E-state index contributed by atoms with van der Waals surface area (Å²) in [5.41, 5.74) is 5.28. The largest absolute Gasteiger partial charge is 0.384 e. The molecule has 0 fully saturated rings. The minimum absolute atomic E-state index is 0.633. The van der Waals surface area contributed by atoms with Crippen LogP contribution in [0.3, 0.4) is 0 Å². The van der Waals surface area contributed by atoms with Gasteiger partial charge in [-0.15, -0.1) is 0 Å². The normalized spacial score (nSPS) is 12.5. The number of aliphatic hydroxyl groups excluding tert-OH is 1. The standard InChI is InChI=1S/C16H16ClIO/c1-9-6-10(2)15(11(3)7-9)16(19)13-8-12(17)4-5-14(13)18/h4-8,16,19H,1-3H3. The average Bonchev–Trinajstić information content (AvgIpc) is 2.30. The molecule has 100 valence electrons. The SMILES string of the molecule is Cc1cc(C)c(C(O)c2cc(Cl)ccc2I)c(C)c1. The summed E-state index contributed by atoms with van der Waals surface area (Å²) in [6, 6.07) is 9.81. The lowest BCUT2D eigenvalue weighted by atomic mass is 9.92. The quantitative estimate of drug-likeness (QED) is 0.724. The number of aliphatic hydroxyl groups is 1. The van der Waals surface area contributed by atoms with Gasteiger partial charge < -0.3 is 5.11 Å². The molecule has 0 aliphatic carbocycles. The first-order valence-electron chi connectivity index (χ1n) is 6.11. The van der Waals surface area contributed by atoms with Gasteiger partial charge >= 0.3 is 0 Å². The molecule has 19 heavy (non-hydrogen) atoms. The minimum Gasteiger partial charge on any atom is -0.384 e. The molecule has 0 heterocycles. The van der Waals surface area contributed by atoms with Gasteiger partial charge in [-0.25, -0.2) is 0 Å². The fourth-order valence-electron chi connectivity index (χ4n) is 2.50. The molecule has 2 aromatic rings. The Hall–Kier alpha value is -0.580. The maximum atomic E-state index is 10.7. The van der Waals surface area contributed by atoms with E-state index >= 15 is 0 Å². The van der Waals surface area contributed by atoms with E-state index in [2.05, 4.69) is 41.6 Å². The van der Waals surface area contributed by atoms with Crippen LogP contribution in [0.1, 0.15) is 33.9 Å². The van der Waals surface area contributed by atoms with Crippen LogP contribution in [-0.2, 0) is 0 Å². The van der Waals surface area contributed by atoms with Crippen molar-refractivity contribution in [3.63, 3.8) is 0 Å². The second-order valence-corrected chi connectivity index (χ2v) is 6.48. The van der Waals surface area contributed by atoms with Gasteiger partial charge in [-0.05, 0) is 83.8 Å². The van der Waals surface area contributed by atoms with Gasteiger partial charge in [0.2, 0.25) is 0 Å². The van der Waals surface area contributed by atoms with Crippen molar-refractivity contribution < 1.29 is 5.11 Å². The smallest absolute Gasteiger partial charge is 0.106 e. The van der Waals surface area contributed by atoms with Crippen LogP contribution in [-0.4, -0.2) is 5.11 Å². The summed E-state index contributed by atoms with van der Waals surface area (Å²) >= 11 is 8.27. The molecular weight excluding hydrogens is 371 g/mol. The Kier molecular flexibility index (Phi) is 4.54. The highest BCUT2D eigenvalue weighted by molar-refractivity contribution is 14.1. The molecule has 0 bridgehead atoms. The number of hydrogen-bond acceptors (Lipinski definition) is 1. The van der Waals surface area contributed by atoms with E-state index in [-0.39, 0.29) is 0 Å². The molecular formula is C16H16ClIO. The van der Waals surface area contributed by atoms with Gasteiger partial charge in [0, 0.05) is 8.59 Å². The van der Waals surface area contributed by atoms with E-state index < -0.39 is 6.10 Å². The van der Waals surface area contributed by atoms with E-state index in [1.165, 1.54) is 5.56 Å². The molecule has 1 nitrogen and oxygen atoms in total. The first-order valence-corrected chi connectivity index (χ1v) is 7.56. The van der Waals surface area contributed by atoms with Crippen molar-refractivity contribution >= 4 is 34.2 Å². The summed E-state index contributed by atoms with van der Waals surface area (Å²) in [6.45, 7) is 6.14. The lowest BCUT2D eigenvalue weighted by molar-refractivity contribution is 0.218. The van der Waals surface area contributed by atoms with Gasteiger partial charge in [0.25, 0.3) is 0 Å². The predicted octanol–water partition coefficient (Wildman–Crippen LogP) is 4.95. The van der Waals surface area contributed by atoms with E-state index in [1.54, 1.807) is 0 Å². The van der Waals surface area contributed by atoms with E-state index in [0.717, 1.165) is 25.8 Å². The number of rotatable bonds is 2. The van der Waals surface area contributed by atoms with Crippen LogP contribution in [0.4, 0.5) is 0 Å². The summed E-state index contributed by atoms with van der Waals surface area (Å²) in [6.07, 6.45) is -0.633. The van der Waals surface area contributed by atoms with Crippen molar-refractivity contribution in [2.24, 2.45) is 0 Å². The lowest BCUT2D eigenvalue weighted by Crippen LogP contribution is -2.07. The van der Waals surface area contributed by atoms with Gasteiger partial charge in [-0.1, -0.05) is 29.3 Å². The Labute approximate surface area is 132 Å². The third-order valence-corrected chi connectivity index (χ3v) is 4.48. The van der Waals surface area contributed by atoms with E-state index in [0.29, 0.717) is 5.02 Å². The summed E-state index contributed by atoms with van der Waals surface area (Å²) in [5, 5.41) is 11.3. The summed E-state index contributed by atoms with van der Waals surface area (Å²) in [4.78, 5) is 0. The lowest BCUT2D eigenvalue weighted by Gasteiger charge is -2.19. The molecule has 0 saturated heterocycles. The van der Waals surface area contributed by atoms with Crippen LogP contribution in [0.15, 0.2) is 30.3 Å². The Bertz CT molecular complexity index is 599. The van der Waals surface area contributed by atoms with E-state index in [1.807, 2.05) is 32.0 Å². The van der Waals surface area contributed by atoms with Gasteiger partial charge in [0.1, 0.15) is 6.10 Å². The van der Waals surface area contributed by atoms with Crippen molar-refractivity contribution in [3.05, 3.63) is 66.7 Å². The molecule has 0 amide bonds. The summed E-state index contributed by atoms with van der Waals surface area (Å²) in [5.74, 6) is 0.